The van der Waals surface area contributed by atoms with Crippen LogP contribution in [0, 0.1) is 6.92 Å². The summed E-state index contributed by atoms with van der Waals surface area (Å²) in [5.74, 6) is -0.884. The summed E-state index contributed by atoms with van der Waals surface area (Å²) < 4.78 is 0. The number of carboxylic acid groups (broad SMARTS) is 1. The molecule has 3 heterocycles. The maximum Gasteiger partial charge on any atom is 0.336 e. The van der Waals surface area contributed by atoms with E-state index in [1.54, 1.807) is 18.5 Å². The van der Waals surface area contributed by atoms with Crippen LogP contribution in [0.5, 0.6) is 0 Å². The molecule has 1 atom stereocenters. The molecule has 0 amide bonds. The number of likely N-dealkylation sites (N-methyl/N-ethyl adjacent to an activating group) is 1. The third-order valence-corrected chi connectivity index (χ3v) is 7.58. The molecule has 176 valence electrons. The van der Waals surface area contributed by atoms with Crippen LogP contribution in [0.15, 0.2) is 54.9 Å². The van der Waals surface area contributed by atoms with E-state index in [4.69, 9.17) is 0 Å². The molecule has 1 N–H and O–H groups in total. The van der Waals surface area contributed by atoms with Crippen molar-refractivity contribution in [2.24, 2.45) is 0 Å². The highest BCUT2D eigenvalue weighted by molar-refractivity contribution is 5.89. The molecule has 1 saturated heterocycles. The molecule has 0 saturated carbocycles. The van der Waals surface area contributed by atoms with E-state index >= 15 is 0 Å². The molecule has 0 bridgehead atoms. The van der Waals surface area contributed by atoms with Crippen molar-refractivity contribution in [3.63, 3.8) is 0 Å². The number of aromatic nitrogens is 1. The van der Waals surface area contributed by atoms with E-state index in [1.807, 2.05) is 0 Å². The number of aryl methyl sites for hydroxylation is 2. The fraction of sp³-hybridized carbons (Fsp3) is 0.379. The van der Waals surface area contributed by atoms with Crippen molar-refractivity contribution in [2.75, 3.05) is 31.6 Å². The molecule has 5 rings (SSSR count). The number of fused-ring (bicyclic) bond motifs is 1. The molecule has 34 heavy (non-hydrogen) atoms. The number of benzene rings is 2. The lowest BCUT2D eigenvalue weighted by atomic mass is 9.86. The smallest absolute Gasteiger partial charge is 0.336 e. The normalized spacial score (nSPS) is 18.2. The molecule has 5 nitrogen and oxygen atoms in total. The van der Waals surface area contributed by atoms with Crippen LogP contribution in [0.25, 0.3) is 11.1 Å². The van der Waals surface area contributed by atoms with Gasteiger partial charge < -0.3 is 10.0 Å². The maximum atomic E-state index is 11.6. The molecule has 1 aromatic heterocycles. The molecule has 1 fully saturated rings. The molecule has 3 aromatic rings. The van der Waals surface area contributed by atoms with Crippen LogP contribution >= 0.6 is 0 Å². The summed E-state index contributed by atoms with van der Waals surface area (Å²) >= 11 is 0. The Kier molecular flexibility index (Phi) is 6.38. The second kappa shape index (κ2) is 9.59. The number of pyridine rings is 1. The highest BCUT2D eigenvalue weighted by Gasteiger charge is 2.26. The van der Waals surface area contributed by atoms with Gasteiger partial charge in [0, 0.05) is 43.8 Å². The van der Waals surface area contributed by atoms with Gasteiger partial charge in [-0.15, -0.1) is 0 Å². The number of nitrogens with zero attached hydrogens (tertiary/aromatic N) is 3. The molecule has 2 aliphatic heterocycles. The summed E-state index contributed by atoms with van der Waals surface area (Å²) in [4.78, 5) is 20.6. The Balaban J connectivity index is 1.38. The zero-order valence-corrected chi connectivity index (χ0v) is 20.1. The molecule has 2 aromatic carbocycles. The summed E-state index contributed by atoms with van der Waals surface area (Å²) in [5.41, 5.74) is 9.20. The number of carboxylic acids is 1. The largest absolute Gasteiger partial charge is 0.478 e. The Morgan fingerprint density at radius 2 is 1.91 bits per heavy atom. The van der Waals surface area contributed by atoms with Gasteiger partial charge in [-0.2, -0.15) is 0 Å². The second-order valence-electron chi connectivity index (χ2n) is 9.73. The van der Waals surface area contributed by atoms with Gasteiger partial charge in [0.05, 0.1) is 5.56 Å². The van der Waals surface area contributed by atoms with Gasteiger partial charge >= 0.3 is 5.97 Å². The predicted molar refractivity (Wildman–Crippen MR) is 137 cm³/mol. The van der Waals surface area contributed by atoms with Gasteiger partial charge in [0.1, 0.15) is 0 Å². The molecular weight excluding hydrogens is 422 g/mol. The monoisotopic (exact) mass is 455 g/mol. The first-order chi connectivity index (χ1) is 16.5. The number of anilines is 1. The summed E-state index contributed by atoms with van der Waals surface area (Å²) in [6.07, 6.45) is 8.44. The van der Waals surface area contributed by atoms with E-state index in [0.29, 0.717) is 12.0 Å². The average molecular weight is 456 g/mol. The molecule has 0 unspecified atom stereocenters. The van der Waals surface area contributed by atoms with Crippen LogP contribution in [0.2, 0.25) is 0 Å². The summed E-state index contributed by atoms with van der Waals surface area (Å²) in [6, 6.07) is 15.7. The molecule has 0 aliphatic carbocycles. The van der Waals surface area contributed by atoms with Crippen LogP contribution in [-0.4, -0.2) is 47.6 Å². The van der Waals surface area contributed by atoms with Crippen LogP contribution in [0.1, 0.15) is 57.9 Å². The third-order valence-electron chi connectivity index (χ3n) is 7.58. The van der Waals surface area contributed by atoms with Crippen molar-refractivity contribution in [1.29, 1.82) is 0 Å². The minimum absolute atomic E-state index is 0.276. The van der Waals surface area contributed by atoms with Crippen molar-refractivity contribution < 1.29 is 9.90 Å². The summed E-state index contributed by atoms with van der Waals surface area (Å²) in [6.45, 7) is 5.56. The number of aromatic carboxylic acids is 1. The quantitative estimate of drug-likeness (QED) is 0.531. The standard InChI is InChI=1S/C29H33N3O2/c1-20-17-24(32-14-3-4-15-32)7-9-25(20)21-5-8-26-22(18-21)12-16-31(2)28(26)10-6-23-19-30-13-11-27(23)29(33)34/h5,7-9,11,13,17-19,28H,3-4,6,10,12,14-16H2,1-2H3,(H,33,34)/t28-/m1/s1. The topological polar surface area (TPSA) is 56.7 Å². The van der Waals surface area contributed by atoms with E-state index in [1.165, 1.54) is 59.4 Å². The zero-order valence-electron chi connectivity index (χ0n) is 20.1. The van der Waals surface area contributed by atoms with E-state index in [-0.39, 0.29) is 6.04 Å². The molecule has 2 aliphatic rings. The Labute approximate surface area is 202 Å². The Morgan fingerprint density at radius 3 is 2.68 bits per heavy atom. The minimum atomic E-state index is -0.884. The van der Waals surface area contributed by atoms with Crippen molar-refractivity contribution in [1.82, 2.24) is 9.88 Å². The van der Waals surface area contributed by atoms with Gasteiger partial charge in [-0.1, -0.05) is 24.3 Å². The highest BCUT2D eigenvalue weighted by Crippen LogP contribution is 2.36. The van der Waals surface area contributed by atoms with Gasteiger partial charge in [0.2, 0.25) is 0 Å². The first-order valence-corrected chi connectivity index (χ1v) is 12.4. The Bertz CT molecular complexity index is 1200. The van der Waals surface area contributed by atoms with Gasteiger partial charge in [-0.05, 0) is 97.7 Å². The summed E-state index contributed by atoms with van der Waals surface area (Å²) in [7, 11) is 2.17. The van der Waals surface area contributed by atoms with E-state index in [9.17, 15) is 9.90 Å². The Morgan fingerprint density at radius 1 is 1.09 bits per heavy atom. The molecule has 5 heteroatoms. The van der Waals surface area contributed by atoms with Crippen LogP contribution in [0.3, 0.4) is 0 Å². The van der Waals surface area contributed by atoms with Crippen LogP contribution < -0.4 is 4.90 Å². The third kappa shape index (κ3) is 4.45. The zero-order chi connectivity index (χ0) is 23.7. The van der Waals surface area contributed by atoms with Gasteiger partial charge in [0.15, 0.2) is 0 Å². The second-order valence-corrected chi connectivity index (χ2v) is 9.73. The maximum absolute atomic E-state index is 11.6. The lowest BCUT2D eigenvalue weighted by Crippen LogP contribution is -2.32. The van der Waals surface area contributed by atoms with Crippen LogP contribution in [-0.2, 0) is 12.8 Å². The van der Waals surface area contributed by atoms with Crippen molar-refractivity contribution in [3.05, 3.63) is 82.7 Å². The fourth-order valence-corrected chi connectivity index (χ4v) is 5.65. The first-order valence-electron chi connectivity index (χ1n) is 12.4. The van der Waals surface area contributed by atoms with Crippen LogP contribution in [0.4, 0.5) is 5.69 Å². The van der Waals surface area contributed by atoms with Crippen molar-refractivity contribution in [2.45, 2.75) is 45.1 Å². The van der Waals surface area contributed by atoms with E-state index < -0.39 is 5.97 Å². The number of carbonyl (C=O) groups is 1. The lowest BCUT2D eigenvalue weighted by Gasteiger charge is -2.35. The van der Waals surface area contributed by atoms with Gasteiger partial charge in [-0.3, -0.25) is 9.88 Å². The lowest BCUT2D eigenvalue weighted by molar-refractivity contribution is 0.0695. The van der Waals surface area contributed by atoms with Crippen molar-refractivity contribution in [3.8, 4) is 11.1 Å². The molecule has 0 spiro atoms. The predicted octanol–water partition coefficient (Wildman–Crippen LogP) is 5.52. The average Bonchev–Trinajstić information content (AvgIpc) is 3.38. The van der Waals surface area contributed by atoms with Gasteiger partial charge in [0.25, 0.3) is 0 Å². The molecule has 0 radical (unpaired) electrons. The van der Waals surface area contributed by atoms with Crippen molar-refractivity contribution >= 4 is 11.7 Å². The van der Waals surface area contributed by atoms with E-state index in [0.717, 1.165) is 24.9 Å². The van der Waals surface area contributed by atoms with E-state index in [2.05, 4.69) is 65.2 Å². The Hall–Kier alpha value is -3.18. The highest BCUT2D eigenvalue weighted by atomic mass is 16.4. The number of rotatable bonds is 6. The van der Waals surface area contributed by atoms with Gasteiger partial charge in [-0.25, -0.2) is 4.79 Å². The fourth-order valence-electron chi connectivity index (χ4n) is 5.65. The number of hydrogen-bond acceptors (Lipinski definition) is 4. The SMILES string of the molecule is Cc1cc(N2CCCC2)ccc1-c1ccc2c(c1)CCN(C)[C@@H]2CCc1cnccc1C(=O)O. The number of hydrogen-bond donors (Lipinski definition) is 1. The minimum Gasteiger partial charge on any atom is -0.478 e. The first kappa shape index (κ1) is 22.6. The summed E-state index contributed by atoms with van der Waals surface area (Å²) in [5, 5.41) is 9.51. The molecular formula is C29H33N3O2.